The SMILES string of the molecule is CC[NH+](CC)CCCNC(=O)c1ccc(C=C2Sc3ccccc3N(Cc3cccc(C)c3)C2=O)cc1. The first-order valence-corrected chi connectivity index (χ1v) is 13.9. The summed E-state index contributed by atoms with van der Waals surface area (Å²) >= 11 is 1.50. The third kappa shape index (κ3) is 6.90. The molecule has 1 heterocycles. The van der Waals surface area contributed by atoms with Crippen LogP contribution in [0.2, 0.25) is 0 Å². The van der Waals surface area contributed by atoms with E-state index in [-0.39, 0.29) is 11.8 Å². The van der Waals surface area contributed by atoms with Gasteiger partial charge < -0.3 is 15.1 Å². The van der Waals surface area contributed by atoms with Crippen LogP contribution in [0.5, 0.6) is 0 Å². The van der Waals surface area contributed by atoms with Crippen LogP contribution in [0.1, 0.15) is 47.3 Å². The van der Waals surface area contributed by atoms with Crippen LogP contribution in [0.3, 0.4) is 0 Å². The van der Waals surface area contributed by atoms with Crippen LogP contribution in [-0.4, -0.2) is 38.0 Å². The summed E-state index contributed by atoms with van der Waals surface area (Å²) in [6.07, 6.45) is 2.88. The molecule has 0 spiro atoms. The van der Waals surface area contributed by atoms with Crippen molar-refractivity contribution >= 4 is 35.3 Å². The zero-order valence-electron chi connectivity index (χ0n) is 21.9. The summed E-state index contributed by atoms with van der Waals surface area (Å²) in [7, 11) is 0. The van der Waals surface area contributed by atoms with E-state index in [2.05, 4.69) is 50.4 Å². The molecule has 2 N–H and O–H groups in total. The van der Waals surface area contributed by atoms with Gasteiger partial charge in [-0.25, -0.2) is 0 Å². The number of aryl methyl sites for hydroxylation is 1. The van der Waals surface area contributed by atoms with Gasteiger partial charge in [-0.05, 0) is 62.2 Å². The highest BCUT2D eigenvalue weighted by Crippen LogP contribution is 2.42. The van der Waals surface area contributed by atoms with Crippen LogP contribution in [0.25, 0.3) is 6.08 Å². The Bertz CT molecular complexity index is 1270. The van der Waals surface area contributed by atoms with Crippen LogP contribution in [0.4, 0.5) is 5.69 Å². The fourth-order valence-electron chi connectivity index (χ4n) is 4.54. The minimum atomic E-state index is -0.0601. The van der Waals surface area contributed by atoms with E-state index in [1.807, 2.05) is 59.5 Å². The zero-order chi connectivity index (χ0) is 26.2. The topological polar surface area (TPSA) is 53.9 Å². The minimum absolute atomic E-state index is 0.0117. The first-order valence-electron chi connectivity index (χ1n) is 13.1. The number of thioether (sulfide) groups is 1. The molecule has 0 aliphatic carbocycles. The molecule has 0 radical (unpaired) electrons. The Morgan fingerprint density at radius 1 is 1.00 bits per heavy atom. The average molecular weight is 515 g/mol. The summed E-state index contributed by atoms with van der Waals surface area (Å²) in [5.74, 6) is -0.0718. The van der Waals surface area contributed by atoms with Crippen LogP contribution in [0.15, 0.2) is 82.6 Å². The Morgan fingerprint density at radius 2 is 1.76 bits per heavy atom. The third-order valence-electron chi connectivity index (χ3n) is 6.72. The third-order valence-corrected chi connectivity index (χ3v) is 7.80. The molecule has 2 amide bonds. The van der Waals surface area contributed by atoms with E-state index in [0.717, 1.165) is 47.8 Å². The standard InChI is InChI=1S/C31H35N3O2S/c1-4-33(5-2)19-9-18-32-30(35)26-16-14-24(15-17-26)21-29-31(36)34(22-25-11-8-10-23(3)20-25)27-12-6-7-13-28(27)37-29/h6-8,10-17,20-21H,4-5,9,18-19,22H2,1-3H3,(H,32,35)/p+1. The van der Waals surface area contributed by atoms with Crippen molar-refractivity contribution in [3.63, 3.8) is 0 Å². The number of benzene rings is 3. The molecule has 6 heteroatoms. The molecule has 0 saturated carbocycles. The summed E-state index contributed by atoms with van der Waals surface area (Å²) in [5, 5.41) is 3.02. The van der Waals surface area contributed by atoms with Gasteiger partial charge in [0, 0.05) is 23.4 Å². The second-order valence-electron chi connectivity index (χ2n) is 9.40. The molecular weight excluding hydrogens is 478 g/mol. The van der Waals surface area contributed by atoms with Gasteiger partial charge in [0.05, 0.1) is 36.8 Å². The number of hydrogen-bond acceptors (Lipinski definition) is 3. The van der Waals surface area contributed by atoms with Crippen LogP contribution in [0, 0.1) is 6.92 Å². The maximum atomic E-state index is 13.6. The second kappa shape index (κ2) is 12.7. The number of nitrogens with zero attached hydrogens (tertiary/aromatic N) is 1. The highest BCUT2D eigenvalue weighted by Gasteiger charge is 2.29. The number of fused-ring (bicyclic) bond motifs is 1. The van der Waals surface area contributed by atoms with Crippen molar-refractivity contribution in [1.82, 2.24) is 5.32 Å². The van der Waals surface area contributed by atoms with E-state index in [9.17, 15) is 9.59 Å². The molecule has 0 saturated heterocycles. The lowest BCUT2D eigenvalue weighted by Gasteiger charge is -2.30. The van der Waals surface area contributed by atoms with Gasteiger partial charge in [-0.3, -0.25) is 9.59 Å². The van der Waals surface area contributed by atoms with Crippen LogP contribution in [-0.2, 0) is 11.3 Å². The molecule has 192 valence electrons. The van der Waals surface area contributed by atoms with Gasteiger partial charge in [-0.15, -0.1) is 0 Å². The number of nitrogens with one attached hydrogen (secondary N) is 2. The Hall–Kier alpha value is -3.35. The fourth-order valence-corrected chi connectivity index (χ4v) is 5.60. The first-order chi connectivity index (χ1) is 18.0. The lowest BCUT2D eigenvalue weighted by molar-refractivity contribution is -0.896. The largest absolute Gasteiger partial charge is 0.352 e. The second-order valence-corrected chi connectivity index (χ2v) is 10.5. The molecule has 1 aliphatic rings. The molecule has 1 aliphatic heterocycles. The monoisotopic (exact) mass is 514 g/mol. The number of anilines is 1. The van der Waals surface area contributed by atoms with Crippen LogP contribution >= 0.6 is 11.8 Å². The van der Waals surface area contributed by atoms with E-state index in [4.69, 9.17) is 0 Å². The Morgan fingerprint density at radius 3 is 2.49 bits per heavy atom. The van der Waals surface area contributed by atoms with Crippen molar-refractivity contribution in [2.45, 2.75) is 38.6 Å². The lowest BCUT2D eigenvalue weighted by Crippen LogP contribution is -3.11. The minimum Gasteiger partial charge on any atom is -0.352 e. The fraction of sp³-hybridized carbons (Fsp3) is 0.290. The predicted molar refractivity (Wildman–Crippen MR) is 153 cm³/mol. The van der Waals surface area contributed by atoms with Crippen molar-refractivity contribution in [3.8, 4) is 0 Å². The Balaban J connectivity index is 1.46. The summed E-state index contributed by atoms with van der Waals surface area (Å²) < 4.78 is 0. The maximum absolute atomic E-state index is 13.6. The normalized spacial score (nSPS) is 14.2. The molecule has 0 bridgehead atoms. The lowest BCUT2D eigenvalue weighted by atomic mass is 10.1. The molecule has 5 nitrogen and oxygen atoms in total. The van der Waals surface area contributed by atoms with Crippen molar-refractivity contribution in [3.05, 3.63) is 100.0 Å². The van der Waals surface area contributed by atoms with Crippen LogP contribution < -0.4 is 15.1 Å². The number of rotatable bonds is 10. The maximum Gasteiger partial charge on any atom is 0.265 e. The number of quaternary nitrogens is 1. The summed E-state index contributed by atoms with van der Waals surface area (Å²) in [6, 6.07) is 23.8. The van der Waals surface area contributed by atoms with Gasteiger partial charge in [-0.1, -0.05) is 65.9 Å². The summed E-state index contributed by atoms with van der Waals surface area (Å²) in [6.45, 7) is 10.9. The molecular formula is C31H36N3O2S+. The van der Waals surface area contributed by atoms with Crippen molar-refractivity contribution in [2.75, 3.05) is 31.1 Å². The Labute approximate surface area is 224 Å². The average Bonchev–Trinajstić information content (AvgIpc) is 2.91. The number of carbonyl (C=O) groups excluding carboxylic acids is 2. The number of para-hydroxylation sites is 1. The van der Waals surface area contributed by atoms with Gasteiger partial charge in [0.2, 0.25) is 0 Å². The van der Waals surface area contributed by atoms with Gasteiger partial charge >= 0.3 is 0 Å². The molecule has 0 unspecified atom stereocenters. The van der Waals surface area contributed by atoms with Crippen molar-refractivity contribution in [1.29, 1.82) is 0 Å². The molecule has 0 aromatic heterocycles. The summed E-state index contributed by atoms with van der Waals surface area (Å²) in [5.41, 5.74) is 4.74. The molecule has 3 aromatic rings. The predicted octanol–water partition coefficient (Wildman–Crippen LogP) is 4.72. The quantitative estimate of drug-likeness (QED) is 0.304. The van der Waals surface area contributed by atoms with Gasteiger partial charge in [0.15, 0.2) is 0 Å². The van der Waals surface area contributed by atoms with Gasteiger partial charge in [0.1, 0.15) is 0 Å². The molecule has 0 atom stereocenters. The zero-order valence-corrected chi connectivity index (χ0v) is 22.7. The van der Waals surface area contributed by atoms with Crippen molar-refractivity contribution in [2.24, 2.45) is 0 Å². The number of amides is 2. The molecule has 0 fully saturated rings. The highest BCUT2D eigenvalue weighted by molar-refractivity contribution is 8.04. The van der Waals surface area contributed by atoms with E-state index >= 15 is 0 Å². The highest BCUT2D eigenvalue weighted by atomic mass is 32.2. The van der Waals surface area contributed by atoms with E-state index < -0.39 is 0 Å². The molecule has 3 aromatic carbocycles. The van der Waals surface area contributed by atoms with E-state index in [1.54, 1.807) is 4.90 Å². The summed E-state index contributed by atoms with van der Waals surface area (Å²) in [4.78, 5) is 31.3. The molecule has 4 rings (SSSR count). The van der Waals surface area contributed by atoms with E-state index in [1.165, 1.54) is 17.3 Å². The number of carbonyl (C=O) groups is 2. The Kier molecular flexibility index (Phi) is 9.20. The van der Waals surface area contributed by atoms with Gasteiger partial charge in [-0.2, -0.15) is 0 Å². The smallest absolute Gasteiger partial charge is 0.265 e. The van der Waals surface area contributed by atoms with E-state index in [0.29, 0.717) is 23.6 Å². The first kappa shape index (κ1) is 26.7. The van der Waals surface area contributed by atoms with Gasteiger partial charge in [0.25, 0.3) is 11.8 Å². The van der Waals surface area contributed by atoms with Crippen molar-refractivity contribution < 1.29 is 14.5 Å². The molecule has 37 heavy (non-hydrogen) atoms. The number of hydrogen-bond donors (Lipinski definition) is 2.